The van der Waals surface area contributed by atoms with E-state index in [9.17, 15) is 4.79 Å². The predicted molar refractivity (Wildman–Crippen MR) is 93.1 cm³/mol. The second-order valence-electron chi connectivity index (χ2n) is 5.04. The van der Waals surface area contributed by atoms with E-state index >= 15 is 0 Å². The molecule has 1 aromatic heterocycles. The molecule has 3 aromatic rings. The Labute approximate surface area is 134 Å². The van der Waals surface area contributed by atoms with Gasteiger partial charge in [-0.2, -0.15) is 0 Å². The highest BCUT2D eigenvalue weighted by molar-refractivity contribution is 5.89. The third kappa shape index (κ3) is 3.37. The van der Waals surface area contributed by atoms with Crippen molar-refractivity contribution in [2.75, 3.05) is 23.0 Å². The van der Waals surface area contributed by atoms with Gasteiger partial charge in [-0.1, -0.05) is 12.1 Å². The molecule has 0 aliphatic rings. The maximum atomic E-state index is 11.0. The summed E-state index contributed by atoms with van der Waals surface area (Å²) in [5, 5.41) is 9.04. The standard InChI is InChI=1S/C17H17N5O/c1-11(23)19-12-7-9-13(10-8-12)20-17-16(18-2)21-14-5-3-4-6-15(14)22-17/h3-10H,1-2H3,(H,18,21)(H,19,23)(H,20,22). The number of benzene rings is 2. The van der Waals surface area contributed by atoms with Crippen LogP contribution in [0.4, 0.5) is 23.0 Å². The SMILES string of the molecule is CNc1nc2ccccc2nc1Nc1ccc(NC(C)=O)cc1. The van der Waals surface area contributed by atoms with Crippen molar-refractivity contribution in [3.8, 4) is 0 Å². The lowest BCUT2D eigenvalue weighted by Crippen LogP contribution is -2.06. The molecule has 116 valence electrons. The normalized spacial score (nSPS) is 10.3. The van der Waals surface area contributed by atoms with E-state index in [1.165, 1.54) is 6.92 Å². The molecule has 6 nitrogen and oxygen atoms in total. The minimum atomic E-state index is -0.0939. The summed E-state index contributed by atoms with van der Waals surface area (Å²) in [6.07, 6.45) is 0. The number of hydrogen-bond donors (Lipinski definition) is 3. The molecule has 3 rings (SSSR count). The van der Waals surface area contributed by atoms with Crippen molar-refractivity contribution in [1.82, 2.24) is 9.97 Å². The predicted octanol–water partition coefficient (Wildman–Crippen LogP) is 3.37. The first-order chi connectivity index (χ1) is 11.2. The van der Waals surface area contributed by atoms with Gasteiger partial charge in [-0.05, 0) is 36.4 Å². The molecule has 6 heteroatoms. The Balaban J connectivity index is 1.89. The number of fused-ring (bicyclic) bond motifs is 1. The average Bonchev–Trinajstić information content (AvgIpc) is 2.55. The van der Waals surface area contributed by atoms with Gasteiger partial charge >= 0.3 is 0 Å². The number of hydrogen-bond acceptors (Lipinski definition) is 5. The second-order valence-corrected chi connectivity index (χ2v) is 5.04. The Morgan fingerprint density at radius 3 is 2.00 bits per heavy atom. The van der Waals surface area contributed by atoms with Crippen molar-refractivity contribution in [1.29, 1.82) is 0 Å². The number of amides is 1. The quantitative estimate of drug-likeness (QED) is 0.688. The van der Waals surface area contributed by atoms with E-state index in [4.69, 9.17) is 0 Å². The monoisotopic (exact) mass is 307 g/mol. The summed E-state index contributed by atoms with van der Waals surface area (Å²) < 4.78 is 0. The smallest absolute Gasteiger partial charge is 0.221 e. The van der Waals surface area contributed by atoms with E-state index in [-0.39, 0.29) is 5.91 Å². The number of nitrogens with one attached hydrogen (secondary N) is 3. The molecule has 0 aliphatic carbocycles. The largest absolute Gasteiger partial charge is 0.370 e. The van der Waals surface area contributed by atoms with Crippen LogP contribution in [0, 0.1) is 0 Å². The zero-order valence-electron chi connectivity index (χ0n) is 12.9. The topological polar surface area (TPSA) is 78.9 Å². The molecule has 23 heavy (non-hydrogen) atoms. The summed E-state index contributed by atoms with van der Waals surface area (Å²) in [4.78, 5) is 20.2. The zero-order chi connectivity index (χ0) is 16.2. The lowest BCUT2D eigenvalue weighted by atomic mass is 10.2. The summed E-state index contributed by atoms with van der Waals surface area (Å²) in [6.45, 7) is 1.48. The molecule has 0 saturated heterocycles. The number of rotatable bonds is 4. The molecule has 0 bridgehead atoms. The molecule has 0 atom stereocenters. The van der Waals surface area contributed by atoms with E-state index in [2.05, 4.69) is 25.9 Å². The Kier molecular flexibility index (Phi) is 4.05. The molecule has 0 saturated carbocycles. The highest BCUT2D eigenvalue weighted by atomic mass is 16.1. The van der Waals surface area contributed by atoms with Crippen LogP contribution in [0.25, 0.3) is 11.0 Å². The van der Waals surface area contributed by atoms with Crippen molar-refractivity contribution in [2.45, 2.75) is 6.92 Å². The van der Waals surface area contributed by atoms with Crippen LogP contribution < -0.4 is 16.0 Å². The highest BCUT2D eigenvalue weighted by Gasteiger charge is 2.08. The lowest BCUT2D eigenvalue weighted by Gasteiger charge is -2.12. The van der Waals surface area contributed by atoms with Crippen LogP contribution >= 0.6 is 0 Å². The molecule has 1 amide bonds. The maximum absolute atomic E-state index is 11.0. The van der Waals surface area contributed by atoms with Crippen molar-refractivity contribution in [3.05, 3.63) is 48.5 Å². The van der Waals surface area contributed by atoms with Gasteiger partial charge in [-0.3, -0.25) is 4.79 Å². The third-order valence-electron chi connectivity index (χ3n) is 3.28. The van der Waals surface area contributed by atoms with Crippen molar-refractivity contribution < 1.29 is 4.79 Å². The lowest BCUT2D eigenvalue weighted by molar-refractivity contribution is -0.114. The van der Waals surface area contributed by atoms with E-state index in [0.29, 0.717) is 11.6 Å². The van der Waals surface area contributed by atoms with Gasteiger partial charge in [0.05, 0.1) is 11.0 Å². The van der Waals surface area contributed by atoms with Crippen molar-refractivity contribution in [3.63, 3.8) is 0 Å². The molecule has 1 heterocycles. The number of anilines is 4. The van der Waals surface area contributed by atoms with Crippen molar-refractivity contribution >= 4 is 40.0 Å². The van der Waals surface area contributed by atoms with Crippen LogP contribution in [0.15, 0.2) is 48.5 Å². The molecule has 2 aromatic carbocycles. The van der Waals surface area contributed by atoms with E-state index in [1.807, 2.05) is 55.6 Å². The summed E-state index contributed by atoms with van der Waals surface area (Å²) >= 11 is 0. The molecular formula is C17H17N5O. The summed E-state index contributed by atoms with van der Waals surface area (Å²) in [7, 11) is 1.81. The molecule has 0 fully saturated rings. The number of nitrogens with zero attached hydrogens (tertiary/aromatic N) is 2. The van der Waals surface area contributed by atoms with Gasteiger partial charge < -0.3 is 16.0 Å². The van der Waals surface area contributed by atoms with Gasteiger partial charge in [0, 0.05) is 25.3 Å². The minimum Gasteiger partial charge on any atom is -0.370 e. The molecule has 0 radical (unpaired) electrons. The Morgan fingerprint density at radius 1 is 0.870 bits per heavy atom. The van der Waals surface area contributed by atoms with Gasteiger partial charge in [0.15, 0.2) is 11.6 Å². The molecule has 0 aliphatic heterocycles. The van der Waals surface area contributed by atoms with E-state index in [1.54, 1.807) is 0 Å². The van der Waals surface area contributed by atoms with Crippen LogP contribution in [-0.2, 0) is 4.79 Å². The fourth-order valence-corrected chi connectivity index (χ4v) is 2.24. The first-order valence-electron chi connectivity index (χ1n) is 7.25. The summed E-state index contributed by atoms with van der Waals surface area (Å²) in [5.41, 5.74) is 3.27. The van der Waals surface area contributed by atoms with Gasteiger partial charge in [0.2, 0.25) is 5.91 Å². The number of aromatic nitrogens is 2. The molecular weight excluding hydrogens is 290 g/mol. The highest BCUT2D eigenvalue weighted by Crippen LogP contribution is 2.25. The zero-order valence-corrected chi connectivity index (χ0v) is 12.9. The minimum absolute atomic E-state index is 0.0939. The van der Waals surface area contributed by atoms with Crippen LogP contribution in [0.2, 0.25) is 0 Å². The van der Waals surface area contributed by atoms with Crippen LogP contribution in [0.5, 0.6) is 0 Å². The molecule has 0 spiro atoms. The average molecular weight is 307 g/mol. The Hall–Kier alpha value is -3.15. The van der Waals surface area contributed by atoms with Crippen LogP contribution in [0.3, 0.4) is 0 Å². The maximum Gasteiger partial charge on any atom is 0.221 e. The van der Waals surface area contributed by atoms with Crippen molar-refractivity contribution in [2.24, 2.45) is 0 Å². The molecule has 3 N–H and O–H groups in total. The van der Waals surface area contributed by atoms with Gasteiger partial charge in [0.25, 0.3) is 0 Å². The fraction of sp³-hybridized carbons (Fsp3) is 0.118. The summed E-state index contributed by atoms with van der Waals surface area (Å²) in [6, 6.07) is 15.1. The van der Waals surface area contributed by atoms with Crippen LogP contribution in [0.1, 0.15) is 6.92 Å². The number of carbonyl (C=O) groups is 1. The van der Waals surface area contributed by atoms with E-state index < -0.39 is 0 Å². The van der Waals surface area contributed by atoms with E-state index in [0.717, 1.165) is 22.4 Å². The Morgan fingerprint density at radius 2 is 1.43 bits per heavy atom. The third-order valence-corrected chi connectivity index (χ3v) is 3.28. The van der Waals surface area contributed by atoms with Gasteiger partial charge in [-0.25, -0.2) is 9.97 Å². The number of carbonyl (C=O) groups excluding carboxylic acids is 1. The van der Waals surface area contributed by atoms with Gasteiger partial charge in [-0.15, -0.1) is 0 Å². The van der Waals surface area contributed by atoms with Gasteiger partial charge in [0.1, 0.15) is 0 Å². The second kappa shape index (κ2) is 6.31. The first-order valence-corrected chi connectivity index (χ1v) is 7.25. The summed E-state index contributed by atoms with van der Waals surface area (Å²) in [5.74, 6) is 1.23. The first kappa shape index (κ1) is 14.8. The fourth-order valence-electron chi connectivity index (χ4n) is 2.24. The Bertz CT molecular complexity index is 845. The van der Waals surface area contributed by atoms with Crippen LogP contribution in [-0.4, -0.2) is 22.9 Å². The number of para-hydroxylation sites is 2. The molecule has 0 unspecified atom stereocenters.